The van der Waals surface area contributed by atoms with Crippen molar-refractivity contribution >= 4 is 0 Å². The number of piperidine rings is 1. The third kappa shape index (κ3) is 2.11. The maximum absolute atomic E-state index is 9.31. The van der Waals surface area contributed by atoms with Gasteiger partial charge in [0, 0.05) is 43.4 Å². The van der Waals surface area contributed by atoms with Gasteiger partial charge in [-0.1, -0.05) is 0 Å². The molecule has 0 amide bonds. The van der Waals surface area contributed by atoms with Crippen molar-refractivity contribution in [2.24, 2.45) is 5.92 Å². The number of imidazole rings is 1. The second-order valence-corrected chi connectivity index (χ2v) is 5.35. The second kappa shape index (κ2) is 4.78. The number of aryl methyl sites for hydroxylation is 1. The average molecular weight is 235 g/mol. The molecule has 2 unspecified atom stereocenters. The lowest BCUT2D eigenvalue weighted by Crippen LogP contribution is -2.32. The van der Waals surface area contributed by atoms with Crippen LogP contribution < -0.4 is 5.32 Å². The molecule has 0 aromatic carbocycles. The summed E-state index contributed by atoms with van der Waals surface area (Å²) in [5, 5.41) is 12.8. The number of fused-ring (bicyclic) bond motifs is 1. The van der Waals surface area contributed by atoms with E-state index in [9.17, 15) is 5.11 Å². The van der Waals surface area contributed by atoms with Gasteiger partial charge in [-0.2, -0.15) is 0 Å². The molecule has 0 radical (unpaired) electrons. The lowest BCUT2D eigenvalue weighted by Gasteiger charge is -2.28. The summed E-state index contributed by atoms with van der Waals surface area (Å²) in [6, 6.07) is 0. The fourth-order valence-electron chi connectivity index (χ4n) is 3.09. The predicted octanol–water partition coefficient (Wildman–Crippen LogP) is 0.905. The van der Waals surface area contributed by atoms with Gasteiger partial charge in [0.05, 0.1) is 0 Å². The number of aliphatic hydroxyl groups is 1. The molecule has 1 fully saturated rings. The summed E-state index contributed by atoms with van der Waals surface area (Å²) in [7, 11) is 0. The van der Waals surface area contributed by atoms with Crippen molar-refractivity contribution in [3.8, 4) is 0 Å². The smallest absolute Gasteiger partial charge is 0.113 e. The first-order chi connectivity index (χ1) is 8.38. The minimum atomic E-state index is 0.306. The van der Waals surface area contributed by atoms with E-state index in [2.05, 4.69) is 14.9 Å². The Balaban J connectivity index is 1.83. The Morgan fingerprint density at radius 3 is 3.18 bits per heavy atom. The molecule has 94 valence electrons. The highest BCUT2D eigenvalue weighted by Crippen LogP contribution is 2.28. The Morgan fingerprint density at radius 2 is 2.41 bits per heavy atom. The van der Waals surface area contributed by atoms with E-state index in [0.717, 1.165) is 32.5 Å². The van der Waals surface area contributed by atoms with Gasteiger partial charge in [-0.05, 0) is 32.2 Å². The van der Waals surface area contributed by atoms with Gasteiger partial charge < -0.3 is 15.0 Å². The van der Waals surface area contributed by atoms with Crippen LogP contribution >= 0.6 is 0 Å². The number of nitrogens with one attached hydrogen (secondary N) is 1. The van der Waals surface area contributed by atoms with Crippen LogP contribution in [0.4, 0.5) is 0 Å². The third-order valence-corrected chi connectivity index (χ3v) is 4.14. The molecule has 3 heterocycles. The summed E-state index contributed by atoms with van der Waals surface area (Å²) in [6.07, 6.45) is 6.70. The maximum Gasteiger partial charge on any atom is 0.113 e. The molecule has 0 bridgehead atoms. The first kappa shape index (κ1) is 11.2. The zero-order chi connectivity index (χ0) is 11.7. The maximum atomic E-state index is 9.31. The molecule has 0 saturated carbocycles. The van der Waals surface area contributed by atoms with Crippen molar-refractivity contribution in [2.45, 2.75) is 38.1 Å². The molecule has 0 spiro atoms. The number of aliphatic hydroxyl groups excluding tert-OH is 1. The van der Waals surface area contributed by atoms with Gasteiger partial charge in [-0.3, -0.25) is 0 Å². The van der Waals surface area contributed by atoms with E-state index in [4.69, 9.17) is 0 Å². The fraction of sp³-hybridized carbons (Fsp3) is 0.769. The van der Waals surface area contributed by atoms with Gasteiger partial charge in [0.25, 0.3) is 0 Å². The van der Waals surface area contributed by atoms with Crippen molar-refractivity contribution in [1.82, 2.24) is 14.9 Å². The fourth-order valence-corrected chi connectivity index (χ4v) is 3.09. The topological polar surface area (TPSA) is 50.1 Å². The lowest BCUT2D eigenvalue weighted by atomic mass is 9.96. The van der Waals surface area contributed by atoms with Crippen LogP contribution in [0.5, 0.6) is 0 Å². The molecule has 2 atom stereocenters. The van der Waals surface area contributed by atoms with Gasteiger partial charge >= 0.3 is 0 Å². The van der Waals surface area contributed by atoms with Crippen molar-refractivity contribution in [3.05, 3.63) is 17.7 Å². The second-order valence-electron chi connectivity index (χ2n) is 5.35. The minimum Gasteiger partial charge on any atom is -0.396 e. The van der Waals surface area contributed by atoms with Crippen LogP contribution in [0.15, 0.2) is 6.20 Å². The number of hydrogen-bond donors (Lipinski definition) is 2. The van der Waals surface area contributed by atoms with E-state index in [1.807, 2.05) is 6.20 Å². The molecular weight excluding hydrogens is 214 g/mol. The van der Waals surface area contributed by atoms with Crippen LogP contribution in [0.3, 0.4) is 0 Å². The highest BCUT2D eigenvalue weighted by Gasteiger charge is 2.25. The highest BCUT2D eigenvalue weighted by atomic mass is 16.3. The SMILES string of the molecule is OCC1CCc2cnc(C3CCCNC3)n2C1. The molecular formula is C13H21N3O. The summed E-state index contributed by atoms with van der Waals surface area (Å²) in [5.41, 5.74) is 1.36. The van der Waals surface area contributed by atoms with E-state index in [0.29, 0.717) is 18.4 Å². The molecule has 3 rings (SSSR count). The predicted molar refractivity (Wildman–Crippen MR) is 66.0 cm³/mol. The number of hydrogen-bond acceptors (Lipinski definition) is 3. The highest BCUT2D eigenvalue weighted by molar-refractivity contribution is 5.13. The molecule has 1 aromatic heterocycles. The van der Waals surface area contributed by atoms with Crippen molar-refractivity contribution < 1.29 is 5.11 Å². The molecule has 0 aliphatic carbocycles. The quantitative estimate of drug-likeness (QED) is 0.801. The summed E-state index contributed by atoms with van der Waals surface area (Å²) in [5.74, 6) is 2.23. The number of nitrogens with zero attached hydrogens (tertiary/aromatic N) is 2. The van der Waals surface area contributed by atoms with Crippen molar-refractivity contribution in [1.29, 1.82) is 0 Å². The number of rotatable bonds is 2. The van der Waals surface area contributed by atoms with E-state index < -0.39 is 0 Å². The Bertz CT molecular complexity index is 382. The molecule has 1 aromatic rings. The van der Waals surface area contributed by atoms with Crippen molar-refractivity contribution in [3.63, 3.8) is 0 Å². The summed E-state index contributed by atoms with van der Waals surface area (Å²) < 4.78 is 2.36. The summed E-state index contributed by atoms with van der Waals surface area (Å²) in [6.45, 7) is 3.46. The lowest BCUT2D eigenvalue weighted by molar-refractivity contribution is 0.189. The molecule has 2 N–H and O–H groups in total. The average Bonchev–Trinajstić information content (AvgIpc) is 2.82. The third-order valence-electron chi connectivity index (χ3n) is 4.14. The minimum absolute atomic E-state index is 0.306. The molecule has 4 nitrogen and oxygen atoms in total. The molecule has 1 saturated heterocycles. The zero-order valence-corrected chi connectivity index (χ0v) is 10.2. The summed E-state index contributed by atoms with van der Waals surface area (Å²) >= 11 is 0. The zero-order valence-electron chi connectivity index (χ0n) is 10.2. The Kier molecular flexibility index (Phi) is 3.16. The van der Waals surface area contributed by atoms with Crippen molar-refractivity contribution in [2.75, 3.05) is 19.7 Å². The van der Waals surface area contributed by atoms with E-state index >= 15 is 0 Å². The van der Waals surface area contributed by atoms with E-state index in [1.165, 1.54) is 24.4 Å². The van der Waals surface area contributed by atoms with Crippen LogP contribution in [0, 0.1) is 5.92 Å². The van der Waals surface area contributed by atoms with E-state index in [1.54, 1.807) is 0 Å². The molecule has 2 aliphatic rings. The van der Waals surface area contributed by atoms with Crippen LogP contribution in [0.2, 0.25) is 0 Å². The first-order valence-corrected chi connectivity index (χ1v) is 6.74. The molecule has 2 aliphatic heterocycles. The Hall–Kier alpha value is -0.870. The van der Waals surface area contributed by atoms with Crippen LogP contribution in [-0.4, -0.2) is 34.4 Å². The van der Waals surface area contributed by atoms with Crippen LogP contribution in [-0.2, 0) is 13.0 Å². The molecule has 4 heteroatoms. The number of aromatic nitrogens is 2. The van der Waals surface area contributed by atoms with Gasteiger partial charge in [-0.15, -0.1) is 0 Å². The first-order valence-electron chi connectivity index (χ1n) is 6.74. The monoisotopic (exact) mass is 235 g/mol. The Morgan fingerprint density at radius 1 is 1.47 bits per heavy atom. The standard InChI is InChI=1S/C13H21N3O/c17-9-10-3-4-12-7-15-13(16(12)8-10)11-2-1-5-14-6-11/h7,10-11,14,17H,1-6,8-9H2. The van der Waals surface area contributed by atoms with E-state index in [-0.39, 0.29) is 0 Å². The van der Waals surface area contributed by atoms with Crippen LogP contribution in [0.1, 0.15) is 36.7 Å². The molecule has 17 heavy (non-hydrogen) atoms. The van der Waals surface area contributed by atoms with Gasteiger partial charge in [-0.25, -0.2) is 4.98 Å². The Labute approximate surface area is 102 Å². The van der Waals surface area contributed by atoms with Gasteiger partial charge in [0.2, 0.25) is 0 Å². The normalized spacial score (nSPS) is 29.0. The largest absolute Gasteiger partial charge is 0.396 e. The van der Waals surface area contributed by atoms with Gasteiger partial charge in [0.1, 0.15) is 5.82 Å². The summed E-state index contributed by atoms with van der Waals surface area (Å²) in [4.78, 5) is 4.63. The van der Waals surface area contributed by atoms with Crippen LogP contribution in [0.25, 0.3) is 0 Å². The van der Waals surface area contributed by atoms with Gasteiger partial charge in [0.15, 0.2) is 0 Å².